The van der Waals surface area contributed by atoms with Gasteiger partial charge in [-0.1, -0.05) is 13.8 Å². The fourth-order valence-electron chi connectivity index (χ4n) is 2.44. The van der Waals surface area contributed by atoms with E-state index in [2.05, 4.69) is 9.97 Å². The molecule has 0 aromatic carbocycles. The number of thiophene rings is 1. The fourth-order valence-corrected chi connectivity index (χ4v) is 3.34. The van der Waals surface area contributed by atoms with Crippen molar-refractivity contribution in [2.45, 2.75) is 27.3 Å². The van der Waals surface area contributed by atoms with E-state index < -0.39 is 5.69 Å². The average Bonchev–Trinajstić information content (AvgIpc) is 2.91. The molecule has 0 aliphatic heterocycles. The van der Waals surface area contributed by atoms with E-state index in [0.717, 1.165) is 9.44 Å². The molecular formula is C17H19N3O4S. The van der Waals surface area contributed by atoms with Gasteiger partial charge in [-0.25, -0.2) is 4.79 Å². The molecule has 25 heavy (non-hydrogen) atoms. The number of ether oxygens (including phenoxy) is 1. The zero-order chi connectivity index (χ0) is 18.1. The van der Waals surface area contributed by atoms with Crippen molar-refractivity contribution in [1.29, 1.82) is 0 Å². The third-order valence-corrected chi connectivity index (χ3v) is 4.60. The number of aryl methyl sites for hydroxylation is 1. The molecule has 132 valence electrons. The van der Waals surface area contributed by atoms with E-state index in [0.29, 0.717) is 28.4 Å². The molecule has 0 saturated carbocycles. The van der Waals surface area contributed by atoms with E-state index in [1.165, 1.54) is 23.6 Å². The monoisotopic (exact) mass is 361 g/mol. The molecule has 0 atom stereocenters. The van der Waals surface area contributed by atoms with Crippen molar-refractivity contribution in [2.75, 3.05) is 6.61 Å². The molecule has 0 aliphatic carbocycles. The van der Waals surface area contributed by atoms with Crippen molar-refractivity contribution in [2.24, 2.45) is 5.92 Å². The molecule has 0 saturated heterocycles. The minimum atomic E-state index is -0.500. The molecule has 2 N–H and O–H groups in total. The third-order valence-electron chi connectivity index (χ3n) is 3.63. The number of fused-ring (bicyclic) bond motifs is 1. The van der Waals surface area contributed by atoms with Gasteiger partial charge in [0.2, 0.25) is 5.43 Å². The van der Waals surface area contributed by atoms with Crippen LogP contribution in [0, 0.1) is 12.8 Å². The van der Waals surface area contributed by atoms with Gasteiger partial charge in [-0.15, -0.1) is 11.3 Å². The number of H-pyrrole nitrogens is 2. The van der Waals surface area contributed by atoms with E-state index >= 15 is 0 Å². The molecule has 7 nitrogen and oxygen atoms in total. The van der Waals surface area contributed by atoms with Crippen LogP contribution in [-0.2, 0) is 6.54 Å². The molecule has 3 rings (SSSR count). The number of rotatable bonds is 5. The summed E-state index contributed by atoms with van der Waals surface area (Å²) in [6, 6.07) is 3.10. The molecule has 3 heterocycles. The number of hydrogen-bond acceptors (Lipinski definition) is 5. The smallest absolute Gasteiger partial charge is 0.329 e. The van der Waals surface area contributed by atoms with Gasteiger partial charge in [0, 0.05) is 22.8 Å². The molecule has 0 aliphatic rings. The standard InChI is InChI=1S/C17H19N3O4S/c1-9(2)8-24-14-6-18-11(5-13(14)21)7-20-16(22)12-4-10(3)25-15(12)19-17(20)23/h4-6,9H,7-8H2,1-3H3,(H,18,21)(H,19,23). The van der Waals surface area contributed by atoms with Crippen molar-refractivity contribution >= 4 is 21.6 Å². The predicted molar refractivity (Wildman–Crippen MR) is 97.9 cm³/mol. The Bertz CT molecular complexity index is 1090. The molecule has 3 aromatic heterocycles. The van der Waals surface area contributed by atoms with Gasteiger partial charge in [0.05, 0.1) is 18.5 Å². The van der Waals surface area contributed by atoms with Crippen LogP contribution < -0.4 is 21.4 Å². The normalized spacial score (nSPS) is 11.4. The van der Waals surface area contributed by atoms with Gasteiger partial charge in [-0.2, -0.15) is 0 Å². The summed E-state index contributed by atoms with van der Waals surface area (Å²) in [7, 11) is 0. The fraction of sp³-hybridized carbons (Fsp3) is 0.353. The highest BCUT2D eigenvalue weighted by Crippen LogP contribution is 2.18. The summed E-state index contributed by atoms with van der Waals surface area (Å²) in [5, 5.41) is 0.473. The highest BCUT2D eigenvalue weighted by molar-refractivity contribution is 7.18. The highest BCUT2D eigenvalue weighted by Gasteiger charge is 2.12. The molecule has 0 unspecified atom stereocenters. The van der Waals surface area contributed by atoms with E-state index in [9.17, 15) is 14.4 Å². The molecule has 0 radical (unpaired) electrons. The van der Waals surface area contributed by atoms with E-state index in [-0.39, 0.29) is 23.3 Å². The number of hydrogen-bond donors (Lipinski definition) is 2. The lowest BCUT2D eigenvalue weighted by molar-refractivity contribution is 0.267. The summed E-state index contributed by atoms with van der Waals surface area (Å²) < 4.78 is 6.51. The van der Waals surface area contributed by atoms with Gasteiger partial charge >= 0.3 is 5.69 Å². The highest BCUT2D eigenvalue weighted by atomic mass is 32.1. The minimum absolute atomic E-state index is 0.0152. The largest absolute Gasteiger partial charge is 0.488 e. The van der Waals surface area contributed by atoms with Gasteiger partial charge < -0.3 is 9.72 Å². The minimum Gasteiger partial charge on any atom is -0.488 e. The first-order chi connectivity index (χ1) is 11.8. The Morgan fingerprint density at radius 3 is 2.68 bits per heavy atom. The first kappa shape index (κ1) is 17.2. The molecule has 0 spiro atoms. The van der Waals surface area contributed by atoms with Crippen molar-refractivity contribution in [3.05, 3.63) is 60.0 Å². The number of nitrogens with one attached hydrogen (secondary N) is 2. The summed E-state index contributed by atoms with van der Waals surface area (Å²) >= 11 is 1.36. The Kier molecular flexibility index (Phi) is 4.63. The Morgan fingerprint density at radius 2 is 2.00 bits per heavy atom. The second-order valence-electron chi connectivity index (χ2n) is 6.31. The average molecular weight is 361 g/mol. The van der Waals surface area contributed by atoms with E-state index in [1.54, 1.807) is 6.07 Å². The molecule has 8 heteroatoms. The lowest BCUT2D eigenvalue weighted by Gasteiger charge is -2.09. The van der Waals surface area contributed by atoms with Crippen LogP contribution in [0.2, 0.25) is 0 Å². The number of pyridine rings is 1. The van der Waals surface area contributed by atoms with Crippen LogP contribution in [0.25, 0.3) is 10.2 Å². The van der Waals surface area contributed by atoms with Crippen LogP contribution in [0.15, 0.2) is 32.7 Å². The van der Waals surface area contributed by atoms with E-state index in [1.807, 2.05) is 20.8 Å². The zero-order valence-corrected chi connectivity index (χ0v) is 15.0. The second kappa shape index (κ2) is 6.72. The molecule has 3 aromatic rings. The summed E-state index contributed by atoms with van der Waals surface area (Å²) in [5.41, 5.74) is -0.698. The SMILES string of the molecule is Cc1cc2c(=O)n(Cc3cc(=O)c(OCC(C)C)c[nH]3)c(=O)[nH]c2s1. The van der Waals surface area contributed by atoms with Gasteiger partial charge in [0.15, 0.2) is 5.75 Å². The van der Waals surface area contributed by atoms with Crippen LogP contribution in [0.3, 0.4) is 0 Å². The second-order valence-corrected chi connectivity index (χ2v) is 7.57. The third kappa shape index (κ3) is 3.58. The summed E-state index contributed by atoms with van der Waals surface area (Å²) in [6.07, 6.45) is 1.46. The first-order valence-corrected chi connectivity index (χ1v) is 8.74. The topological polar surface area (TPSA) is 96.9 Å². The number of aromatic nitrogens is 3. The lowest BCUT2D eigenvalue weighted by Crippen LogP contribution is -2.35. The summed E-state index contributed by atoms with van der Waals surface area (Å²) in [5.74, 6) is 0.527. The zero-order valence-electron chi connectivity index (χ0n) is 14.2. The maximum Gasteiger partial charge on any atom is 0.329 e. The lowest BCUT2D eigenvalue weighted by atomic mass is 10.2. The Morgan fingerprint density at radius 1 is 1.24 bits per heavy atom. The molecular weight excluding hydrogens is 342 g/mol. The summed E-state index contributed by atoms with van der Waals surface area (Å²) in [4.78, 5) is 44.0. The molecule has 0 amide bonds. The van der Waals surface area contributed by atoms with Crippen molar-refractivity contribution in [3.8, 4) is 5.75 Å². The van der Waals surface area contributed by atoms with Crippen LogP contribution in [0.4, 0.5) is 0 Å². The van der Waals surface area contributed by atoms with Crippen molar-refractivity contribution < 1.29 is 4.74 Å². The van der Waals surface area contributed by atoms with Gasteiger partial charge in [0.1, 0.15) is 4.83 Å². The van der Waals surface area contributed by atoms with E-state index in [4.69, 9.17) is 4.74 Å². The van der Waals surface area contributed by atoms with Crippen molar-refractivity contribution in [1.82, 2.24) is 14.5 Å². The van der Waals surface area contributed by atoms with Crippen LogP contribution in [-0.4, -0.2) is 21.1 Å². The van der Waals surface area contributed by atoms with Gasteiger partial charge in [0.25, 0.3) is 5.56 Å². The molecule has 0 fully saturated rings. The predicted octanol–water partition coefficient (Wildman–Crippen LogP) is 1.83. The Hall–Kier alpha value is -2.61. The van der Waals surface area contributed by atoms with Crippen molar-refractivity contribution in [3.63, 3.8) is 0 Å². The number of aromatic amines is 2. The Balaban J connectivity index is 1.94. The van der Waals surface area contributed by atoms with Crippen LogP contribution in [0.1, 0.15) is 24.4 Å². The number of nitrogens with zero attached hydrogens (tertiary/aromatic N) is 1. The maximum atomic E-state index is 12.5. The maximum absolute atomic E-state index is 12.5. The first-order valence-electron chi connectivity index (χ1n) is 7.93. The van der Waals surface area contributed by atoms with Gasteiger partial charge in [-0.05, 0) is 18.9 Å². The Labute approximate surface area is 146 Å². The summed E-state index contributed by atoms with van der Waals surface area (Å²) in [6.45, 7) is 6.28. The quantitative estimate of drug-likeness (QED) is 0.724. The van der Waals surface area contributed by atoms with Crippen LogP contribution in [0.5, 0.6) is 5.75 Å². The van der Waals surface area contributed by atoms with Crippen LogP contribution >= 0.6 is 11.3 Å². The van der Waals surface area contributed by atoms with Gasteiger partial charge in [-0.3, -0.25) is 19.1 Å². The molecule has 0 bridgehead atoms.